The first-order chi connectivity index (χ1) is 13.4. The number of hydrogen-bond donors (Lipinski definition) is 2. The Kier molecular flexibility index (Phi) is 5.53. The minimum absolute atomic E-state index is 0.0372. The summed E-state index contributed by atoms with van der Waals surface area (Å²) in [7, 11) is 0. The maximum Gasteiger partial charge on any atom is 0.337 e. The molecule has 2 N–H and O–H groups in total. The van der Waals surface area contributed by atoms with E-state index in [0.717, 1.165) is 0 Å². The highest BCUT2D eigenvalue weighted by atomic mass is 16.5. The zero-order valence-electron chi connectivity index (χ0n) is 15.9. The van der Waals surface area contributed by atoms with Crippen molar-refractivity contribution in [2.45, 2.75) is 38.5 Å². The van der Waals surface area contributed by atoms with Gasteiger partial charge in [0.1, 0.15) is 11.2 Å². The molecule has 1 aliphatic carbocycles. The lowest BCUT2D eigenvalue weighted by molar-refractivity contribution is -0.151. The Morgan fingerprint density at radius 1 is 1.18 bits per heavy atom. The number of aromatic nitrogens is 1. The molecule has 1 aliphatic rings. The summed E-state index contributed by atoms with van der Waals surface area (Å²) in [6.45, 7) is 3.66. The molecule has 0 aliphatic heterocycles. The number of pyridine rings is 1. The summed E-state index contributed by atoms with van der Waals surface area (Å²) >= 11 is 0. The van der Waals surface area contributed by atoms with E-state index < -0.39 is 17.4 Å². The molecule has 1 unspecified atom stereocenters. The minimum atomic E-state index is -1.28. The molecule has 0 saturated carbocycles. The highest BCUT2D eigenvalue weighted by Gasteiger charge is 2.48. The smallest absolute Gasteiger partial charge is 0.337 e. The lowest BCUT2D eigenvalue weighted by atomic mass is 9.70. The van der Waals surface area contributed by atoms with Crippen LogP contribution in [-0.2, 0) is 24.5 Å². The first-order valence-corrected chi connectivity index (χ1v) is 9.30. The van der Waals surface area contributed by atoms with Crippen molar-refractivity contribution in [3.05, 3.63) is 57.6 Å². The van der Waals surface area contributed by atoms with Crippen molar-refractivity contribution < 1.29 is 24.2 Å². The fraction of sp³-hybridized carbons (Fsp3) is 0.381. The van der Waals surface area contributed by atoms with Gasteiger partial charge in [-0.2, -0.15) is 0 Å². The third-order valence-electron chi connectivity index (χ3n) is 5.06. The van der Waals surface area contributed by atoms with E-state index in [1.165, 1.54) is 6.07 Å². The highest BCUT2D eigenvalue weighted by Crippen LogP contribution is 2.42. The van der Waals surface area contributed by atoms with Gasteiger partial charge >= 0.3 is 11.9 Å². The first kappa shape index (κ1) is 19.7. The molecule has 0 amide bonds. The van der Waals surface area contributed by atoms with Gasteiger partial charge in [0, 0.05) is 35.5 Å². The normalized spacial score (nSPS) is 19.5. The molecule has 0 bridgehead atoms. The SMILES string of the molecule is CCOC(=O)C1=C(O)CCC(C(=O)OCC)(c2cc(=O)c3ccccc3[nH]2)C1. The van der Waals surface area contributed by atoms with E-state index in [2.05, 4.69) is 4.98 Å². The van der Waals surface area contributed by atoms with Crippen LogP contribution in [0.5, 0.6) is 0 Å². The molecule has 7 nitrogen and oxygen atoms in total. The lowest BCUT2D eigenvalue weighted by Gasteiger charge is -2.35. The summed E-state index contributed by atoms with van der Waals surface area (Å²) in [5.74, 6) is -1.31. The summed E-state index contributed by atoms with van der Waals surface area (Å²) < 4.78 is 10.3. The average Bonchev–Trinajstić information content (AvgIpc) is 2.69. The minimum Gasteiger partial charge on any atom is -0.512 e. The second-order valence-corrected chi connectivity index (χ2v) is 6.72. The van der Waals surface area contributed by atoms with Crippen molar-refractivity contribution in [1.82, 2.24) is 4.98 Å². The molecule has 1 heterocycles. The van der Waals surface area contributed by atoms with Gasteiger partial charge in [-0.05, 0) is 32.4 Å². The fourth-order valence-electron chi connectivity index (χ4n) is 3.62. The number of aliphatic hydroxyl groups is 1. The van der Waals surface area contributed by atoms with Crippen LogP contribution in [0.1, 0.15) is 38.8 Å². The fourth-order valence-corrected chi connectivity index (χ4v) is 3.62. The molecule has 28 heavy (non-hydrogen) atoms. The van der Waals surface area contributed by atoms with Crippen LogP contribution < -0.4 is 5.43 Å². The van der Waals surface area contributed by atoms with E-state index in [0.29, 0.717) is 16.6 Å². The number of benzene rings is 1. The number of esters is 2. The third-order valence-corrected chi connectivity index (χ3v) is 5.06. The Labute approximate surface area is 162 Å². The number of aromatic amines is 1. The number of allylic oxidation sites excluding steroid dienone is 1. The Bertz CT molecular complexity index is 1010. The van der Waals surface area contributed by atoms with E-state index in [1.54, 1.807) is 38.1 Å². The predicted octanol–water partition coefficient (Wildman–Crippen LogP) is 2.89. The van der Waals surface area contributed by atoms with E-state index in [4.69, 9.17) is 9.47 Å². The number of H-pyrrole nitrogens is 1. The van der Waals surface area contributed by atoms with Crippen molar-refractivity contribution in [3.8, 4) is 0 Å². The van der Waals surface area contributed by atoms with Gasteiger partial charge < -0.3 is 19.6 Å². The summed E-state index contributed by atoms with van der Waals surface area (Å²) in [5, 5.41) is 10.7. The Morgan fingerprint density at radius 3 is 2.61 bits per heavy atom. The number of aliphatic hydroxyl groups excluding tert-OH is 1. The maximum absolute atomic E-state index is 13.0. The standard InChI is InChI=1S/C21H23NO6/c1-3-27-19(25)14-12-21(10-9-16(14)23,20(26)28-4-2)18-11-17(24)13-7-5-6-8-15(13)22-18/h5-8,11,23H,3-4,9-10,12H2,1-2H3,(H,22,24). The Morgan fingerprint density at radius 2 is 1.89 bits per heavy atom. The van der Waals surface area contributed by atoms with Crippen LogP contribution in [0.4, 0.5) is 0 Å². The molecule has 148 valence electrons. The van der Waals surface area contributed by atoms with Gasteiger partial charge in [0.25, 0.3) is 0 Å². The van der Waals surface area contributed by atoms with Crippen molar-refractivity contribution in [2.75, 3.05) is 13.2 Å². The molecule has 0 fully saturated rings. The zero-order chi connectivity index (χ0) is 20.3. The Hall–Kier alpha value is -3.09. The van der Waals surface area contributed by atoms with Gasteiger partial charge in [-0.1, -0.05) is 12.1 Å². The molecule has 7 heteroatoms. The summed E-state index contributed by atoms with van der Waals surface area (Å²) in [5.41, 5.74) is -0.526. The third kappa shape index (κ3) is 3.40. The van der Waals surface area contributed by atoms with Crippen molar-refractivity contribution in [1.29, 1.82) is 0 Å². The largest absolute Gasteiger partial charge is 0.512 e. The van der Waals surface area contributed by atoms with E-state index in [-0.39, 0.29) is 49.2 Å². The van der Waals surface area contributed by atoms with E-state index in [9.17, 15) is 19.5 Å². The second-order valence-electron chi connectivity index (χ2n) is 6.72. The quantitative estimate of drug-likeness (QED) is 0.767. The second kappa shape index (κ2) is 7.88. The molecule has 1 aromatic heterocycles. The topological polar surface area (TPSA) is 106 Å². The maximum atomic E-state index is 13.0. The van der Waals surface area contributed by atoms with Gasteiger partial charge in [0.2, 0.25) is 0 Å². The number of ether oxygens (including phenoxy) is 2. The average molecular weight is 385 g/mol. The van der Waals surface area contributed by atoms with Crippen LogP contribution >= 0.6 is 0 Å². The van der Waals surface area contributed by atoms with E-state index >= 15 is 0 Å². The molecule has 1 aromatic carbocycles. The lowest BCUT2D eigenvalue weighted by Crippen LogP contribution is -2.42. The van der Waals surface area contributed by atoms with Crippen LogP contribution in [0.2, 0.25) is 0 Å². The van der Waals surface area contributed by atoms with Crippen LogP contribution in [0.3, 0.4) is 0 Å². The summed E-state index contributed by atoms with van der Waals surface area (Å²) in [4.78, 5) is 41.1. The summed E-state index contributed by atoms with van der Waals surface area (Å²) in [6, 6.07) is 8.38. The van der Waals surface area contributed by atoms with E-state index in [1.807, 2.05) is 0 Å². The molecule has 0 radical (unpaired) electrons. The number of carbonyl (C=O) groups is 2. The molecule has 1 atom stereocenters. The predicted molar refractivity (Wildman–Crippen MR) is 103 cm³/mol. The molecule has 2 aromatic rings. The van der Waals surface area contributed by atoms with Gasteiger partial charge in [0.15, 0.2) is 5.43 Å². The van der Waals surface area contributed by atoms with Gasteiger partial charge in [-0.3, -0.25) is 9.59 Å². The number of fused-ring (bicyclic) bond motifs is 1. The van der Waals surface area contributed by atoms with Crippen LogP contribution in [0, 0.1) is 0 Å². The molecule has 3 rings (SSSR count). The Balaban J connectivity index is 2.16. The first-order valence-electron chi connectivity index (χ1n) is 9.30. The van der Waals surface area contributed by atoms with Crippen LogP contribution in [-0.4, -0.2) is 35.2 Å². The number of rotatable bonds is 5. The van der Waals surface area contributed by atoms with Gasteiger partial charge in [-0.25, -0.2) is 4.79 Å². The number of hydrogen-bond acceptors (Lipinski definition) is 6. The van der Waals surface area contributed by atoms with Crippen LogP contribution in [0.25, 0.3) is 10.9 Å². The van der Waals surface area contributed by atoms with Gasteiger partial charge in [0.05, 0.1) is 18.8 Å². The monoisotopic (exact) mass is 385 g/mol. The zero-order valence-corrected chi connectivity index (χ0v) is 15.9. The molecule has 0 saturated heterocycles. The number of nitrogens with one attached hydrogen (secondary N) is 1. The highest BCUT2D eigenvalue weighted by molar-refractivity contribution is 5.93. The van der Waals surface area contributed by atoms with Crippen molar-refractivity contribution in [2.24, 2.45) is 0 Å². The van der Waals surface area contributed by atoms with Crippen molar-refractivity contribution >= 4 is 22.8 Å². The molecule has 0 spiro atoms. The summed E-state index contributed by atoms with van der Waals surface area (Å²) in [6.07, 6.45) is 0.196. The molecular weight excluding hydrogens is 362 g/mol. The number of carbonyl (C=O) groups excluding carboxylic acids is 2. The number of para-hydroxylation sites is 1. The van der Waals surface area contributed by atoms with Crippen LogP contribution in [0.15, 0.2) is 46.5 Å². The van der Waals surface area contributed by atoms with Crippen molar-refractivity contribution in [3.63, 3.8) is 0 Å². The van der Waals surface area contributed by atoms with Gasteiger partial charge in [-0.15, -0.1) is 0 Å². The molecular formula is C21H23NO6.